The molecule has 6 heteroatoms. The van der Waals surface area contributed by atoms with Crippen LogP contribution in [0.3, 0.4) is 0 Å². The molecule has 0 atom stereocenters. The first-order chi connectivity index (χ1) is 27.2. The third-order valence-electron chi connectivity index (χ3n) is 10.4. The minimum absolute atomic E-state index is 0. The third kappa shape index (κ3) is 5.68. The van der Waals surface area contributed by atoms with E-state index in [-0.39, 0.29) is 21.1 Å². The van der Waals surface area contributed by atoms with Crippen molar-refractivity contribution >= 4 is 21.8 Å². The van der Waals surface area contributed by atoms with Gasteiger partial charge < -0.3 is 13.9 Å². The Kier molecular flexibility index (Phi) is 8.31. The van der Waals surface area contributed by atoms with Crippen molar-refractivity contribution in [3.05, 3.63) is 201 Å². The van der Waals surface area contributed by atoms with Gasteiger partial charge >= 0.3 is 0 Å². The second-order valence-electron chi connectivity index (χ2n) is 13.7. The van der Waals surface area contributed by atoms with Gasteiger partial charge in [-0.25, -0.2) is 4.98 Å². The molecule has 0 saturated carbocycles. The van der Waals surface area contributed by atoms with Gasteiger partial charge in [0.2, 0.25) is 0 Å². The van der Waals surface area contributed by atoms with Crippen LogP contribution in [0.1, 0.15) is 0 Å². The van der Waals surface area contributed by atoms with Crippen molar-refractivity contribution in [3.8, 4) is 73.3 Å². The molecule has 0 amide bonds. The third-order valence-corrected chi connectivity index (χ3v) is 10.4. The van der Waals surface area contributed by atoms with E-state index >= 15 is 0 Å². The summed E-state index contributed by atoms with van der Waals surface area (Å²) in [5, 5.41) is 2.18. The largest absolute Gasteiger partial charge is 0.510 e. The second-order valence-corrected chi connectivity index (χ2v) is 13.7. The van der Waals surface area contributed by atoms with Crippen LogP contribution in [-0.2, 0) is 21.1 Å². The van der Waals surface area contributed by atoms with Crippen LogP contribution in [0.25, 0.3) is 83.6 Å². The predicted molar refractivity (Wildman–Crippen MR) is 218 cm³/mol. The van der Waals surface area contributed by atoms with Crippen molar-refractivity contribution < 1.29 is 30.4 Å². The van der Waals surface area contributed by atoms with Gasteiger partial charge in [-0.2, -0.15) is 18.2 Å². The summed E-state index contributed by atoms with van der Waals surface area (Å²) in [4.78, 5) is 5.42. The molecule has 0 spiro atoms. The van der Waals surface area contributed by atoms with Crippen molar-refractivity contribution in [2.24, 2.45) is 0 Å². The average molecular weight is 898 g/mol. The molecule has 0 saturated heterocycles. The summed E-state index contributed by atoms with van der Waals surface area (Å²) in [6, 6.07) is 66.1. The minimum Gasteiger partial charge on any atom is -0.510 e. The number of nitrogens with zero attached hydrogens (tertiary/aromatic N) is 4. The van der Waals surface area contributed by atoms with E-state index in [2.05, 4.69) is 161 Å². The van der Waals surface area contributed by atoms with E-state index in [1.807, 2.05) is 53.4 Å². The van der Waals surface area contributed by atoms with Crippen LogP contribution >= 0.6 is 0 Å². The van der Waals surface area contributed by atoms with E-state index < -0.39 is 0 Å². The number of para-hydroxylation sites is 1. The zero-order valence-electron chi connectivity index (χ0n) is 29.8. The van der Waals surface area contributed by atoms with Gasteiger partial charge in [0.05, 0.1) is 11.4 Å². The molecule has 10 aromatic rings. The van der Waals surface area contributed by atoms with E-state index in [9.17, 15) is 0 Å². The molecule has 0 aliphatic carbocycles. The Morgan fingerprint density at radius 1 is 0.536 bits per heavy atom. The fraction of sp³-hybridized carbons (Fsp3) is 0. The first-order valence-electron chi connectivity index (χ1n) is 18.3. The normalized spacial score (nSPS) is 11.6. The minimum atomic E-state index is 0. The van der Waals surface area contributed by atoms with E-state index in [1.165, 1.54) is 5.56 Å². The quantitative estimate of drug-likeness (QED) is 0.128. The second kappa shape index (κ2) is 13.8. The van der Waals surface area contributed by atoms with E-state index in [0.29, 0.717) is 11.5 Å². The van der Waals surface area contributed by atoms with Crippen molar-refractivity contribution in [1.29, 1.82) is 0 Å². The van der Waals surface area contributed by atoms with Crippen LogP contribution in [0, 0.1) is 18.5 Å². The van der Waals surface area contributed by atoms with Crippen LogP contribution in [0.2, 0.25) is 0 Å². The molecule has 1 aliphatic rings. The number of benzene rings is 7. The number of fused-ring (bicyclic) bond motifs is 17. The number of rotatable bonds is 2. The Morgan fingerprint density at radius 2 is 1.25 bits per heavy atom. The summed E-state index contributed by atoms with van der Waals surface area (Å²) in [7, 11) is 0. The van der Waals surface area contributed by atoms with Gasteiger partial charge in [-0.3, -0.25) is 4.57 Å². The topological polar surface area (TPSA) is 35.9 Å². The first-order valence-corrected chi connectivity index (χ1v) is 18.3. The molecule has 0 fully saturated rings. The number of imidazole rings is 1. The van der Waals surface area contributed by atoms with Crippen LogP contribution < -0.4 is 9.30 Å². The fourth-order valence-corrected chi connectivity index (χ4v) is 7.87. The summed E-state index contributed by atoms with van der Waals surface area (Å²) in [6.07, 6.45) is 7.65. The standard InChI is InChI=1S/C50H30N4O.Pt/c1-3-12-34(13-4-1)36-24-27-47-45(30-36)43-26-25-39-32-48(43)54(47)49-23-11-22-46(51-49)42-19-8-7-18-41(42)44-21-10-20-40(35-14-5-2-6-15-35)50(44)53-29-28-52(33-53)37-16-9-17-38(31-37)55-39;/h1-30H;/q-2;. The number of pyridine rings is 1. The summed E-state index contributed by atoms with van der Waals surface area (Å²) < 4.78 is 12.7. The van der Waals surface area contributed by atoms with Crippen molar-refractivity contribution in [3.63, 3.8) is 0 Å². The molecule has 0 unspecified atom stereocenters. The van der Waals surface area contributed by atoms with Crippen LogP contribution in [0.5, 0.6) is 11.5 Å². The fourth-order valence-electron chi connectivity index (χ4n) is 7.87. The van der Waals surface area contributed by atoms with Crippen molar-refractivity contribution in [1.82, 2.24) is 14.1 Å². The molecule has 4 heterocycles. The van der Waals surface area contributed by atoms with Gasteiger partial charge in [0.15, 0.2) is 0 Å². The molecule has 8 bridgehead atoms. The Labute approximate surface area is 338 Å². The Hall–Kier alpha value is -6.81. The molecule has 56 heavy (non-hydrogen) atoms. The maximum Gasteiger partial charge on any atom is 0.267 e. The van der Waals surface area contributed by atoms with Crippen LogP contribution in [0.4, 0.5) is 0 Å². The first kappa shape index (κ1) is 33.7. The number of hydrogen-bond donors (Lipinski definition) is 0. The molecule has 1 aliphatic heterocycles. The number of aromatic nitrogens is 4. The van der Waals surface area contributed by atoms with Gasteiger partial charge in [0.1, 0.15) is 5.82 Å². The number of ether oxygens (including phenoxy) is 1. The maximum atomic E-state index is 6.52. The van der Waals surface area contributed by atoms with Crippen LogP contribution in [0.15, 0.2) is 182 Å². The molecular formula is C50H30N4OPt-2. The van der Waals surface area contributed by atoms with Gasteiger partial charge in [-0.05, 0) is 62.7 Å². The Morgan fingerprint density at radius 3 is 2.11 bits per heavy atom. The monoisotopic (exact) mass is 897 g/mol. The molecule has 5 nitrogen and oxygen atoms in total. The molecule has 0 radical (unpaired) electrons. The molecule has 0 N–H and O–H groups in total. The molecule has 11 rings (SSSR count). The van der Waals surface area contributed by atoms with Crippen molar-refractivity contribution in [2.75, 3.05) is 0 Å². The smallest absolute Gasteiger partial charge is 0.267 e. The molecule has 3 aromatic heterocycles. The van der Waals surface area contributed by atoms with E-state index in [1.54, 1.807) is 0 Å². The predicted octanol–water partition coefficient (Wildman–Crippen LogP) is 11.4. The summed E-state index contributed by atoms with van der Waals surface area (Å²) in [5.74, 6) is 1.96. The van der Waals surface area contributed by atoms with Gasteiger partial charge in [0.25, 0.3) is 6.33 Å². The van der Waals surface area contributed by atoms with E-state index in [4.69, 9.17) is 9.72 Å². The molecular weight excluding hydrogens is 868 g/mol. The summed E-state index contributed by atoms with van der Waals surface area (Å²) in [5.41, 5.74) is 12.3. The van der Waals surface area contributed by atoms with Crippen molar-refractivity contribution in [2.45, 2.75) is 0 Å². The van der Waals surface area contributed by atoms with Gasteiger partial charge in [0, 0.05) is 56.0 Å². The van der Waals surface area contributed by atoms with Crippen LogP contribution in [-0.4, -0.2) is 14.1 Å². The van der Waals surface area contributed by atoms with Gasteiger partial charge in [-0.15, -0.1) is 29.7 Å². The molecule has 7 aromatic carbocycles. The van der Waals surface area contributed by atoms with Gasteiger partial charge in [-0.1, -0.05) is 127 Å². The summed E-state index contributed by atoms with van der Waals surface area (Å²) in [6.45, 7) is 0. The molecule has 268 valence electrons. The van der Waals surface area contributed by atoms with E-state index in [0.717, 1.165) is 78.1 Å². The Balaban J connectivity index is 0.00000384. The Bertz CT molecular complexity index is 3080. The number of hydrogen-bond acceptors (Lipinski definition) is 2. The maximum absolute atomic E-state index is 6.52. The average Bonchev–Trinajstić information content (AvgIpc) is 3.87. The zero-order valence-corrected chi connectivity index (χ0v) is 32.1. The SMILES string of the molecule is [Pt].[c-]1c2cccc1-n1[c-][n+](cc1)-c1c(-c3ccccc3)cccc1-c1ccccc1-c1cccc(n1)-n1c3[c-]c(ccc3c3cc(-c4ccccc4)ccc31)O2. The summed E-state index contributed by atoms with van der Waals surface area (Å²) >= 11 is 0. The zero-order chi connectivity index (χ0) is 36.3.